The molecule has 0 radical (unpaired) electrons. The Morgan fingerprint density at radius 3 is 2.55 bits per heavy atom. The van der Waals surface area contributed by atoms with Crippen LogP contribution in [-0.2, 0) is 11.3 Å². The van der Waals surface area contributed by atoms with Gasteiger partial charge in [-0.1, -0.05) is 50.1 Å². The first-order valence-electron chi connectivity index (χ1n) is 10.6. The second kappa shape index (κ2) is 9.03. The summed E-state index contributed by atoms with van der Waals surface area (Å²) < 4.78 is 2.17. The molecule has 2 heterocycles. The molecule has 1 atom stereocenters. The number of carbonyl (C=O) groups excluding carboxylic acids is 1. The van der Waals surface area contributed by atoms with E-state index in [-0.39, 0.29) is 11.8 Å². The van der Waals surface area contributed by atoms with Gasteiger partial charge in [0.1, 0.15) is 0 Å². The summed E-state index contributed by atoms with van der Waals surface area (Å²) in [5.74, 6) is -0.0765. The molecule has 0 spiro atoms. The SMILES string of the molecule is CC[C@H](C(=O)NCc1cc(-c2ccncc2)n(C2CCCC2)n1)c1ccccc1. The zero-order valence-corrected chi connectivity index (χ0v) is 16.9. The topological polar surface area (TPSA) is 59.8 Å². The predicted molar refractivity (Wildman–Crippen MR) is 114 cm³/mol. The van der Waals surface area contributed by atoms with Crippen LogP contribution >= 0.6 is 0 Å². The minimum atomic E-state index is -0.132. The standard InChI is InChI=1S/C24H28N4O/c1-2-22(18-8-4-3-5-9-18)24(29)26-17-20-16-23(19-12-14-25-15-13-19)28(27-20)21-10-6-7-11-21/h3-5,8-9,12-16,21-22H,2,6-7,10-11,17H2,1H3,(H,26,29)/t22-/m0/s1. The van der Waals surface area contributed by atoms with Gasteiger partial charge < -0.3 is 5.32 Å². The average molecular weight is 389 g/mol. The molecule has 29 heavy (non-hydrogen) atoms. The van der Waals surface area contributed by atoms with Gasteiger partial charge >= 0.3 is 0 Å². The van der Waals surface area contributed by atoms with Crippen molar-refractivity contribution in [1.29, 1.82) is 0 Å². The third-order valence-electron chi connectivity index (χ3n) is 5.80. The molecule has 1 amide bonds. The molecular weight excluding hydrogens is 360 g/mol. The van der Waals surface area contributed by atoms with E-state index >= 15 is 0 Å². The lowest BCUT2D eigenvalue weighted by atomic mass is 9.96. The highest BCUT2D eigenvalue weighted by Gasteiger charge is 2.23. The monoisotopic (exact) mass is 388 g/mol. The summed E-state index contributed by atoms with van der Waals surface area (Å²) >= 11 is 0. The molecule has 5 nitrogen and oxygen atoms in total. The molecule has 3 aromatic rings. The Labute approximate surface area is 172 Å². The van der Waals surface area contributed by atoms with Crippen molar-refractivity contribution in [2.24, 2.45) is 0 Å². The third-order valence-corrected chi connectivity index (χ3v) is 5.80. The molecule has 4 rings (SSSR count). The van der Waals surface area contributed by atoms with E-state index in [1.807, 2.05) is 61.8 Å². The molecule has 1 saturated carbocycles. The maximum Gasteiger partial charge on any atom is 0.227 e. The Morgan fingerprint density at radius 2 is 1.86 bits per heavy atom. The number of pyridine rings is 1. The first-order valence-corrected chi connectivity index (χ1v) is 10.6. The Balaban J connectivity index is 1.52. The van der Waals surface area contributed by atoms with Crippen LogP contribution in [-0.4, -0.2) is 20.7 Å². The molecule has 1 fully saturated rings. The van der Waals surface area contributed by atoms with Crippen molar-refractivity contribution in [3.8, 4) is 11.3 Å². The number of nitrogens with one attached hydrogen (secondary N) is 1. The molecule has 0 unspecified atom stereocenters. The van der Waals surface area contributed by atoms with E-state index in [1.54, 1.807) is 0 Å². The predicted octanol–water partition coefficient (Wildman–Crippen LogP) is 4.87. The molecule has 0 bridgehead atoms. The fourth-order valence-electron chi connectivity index (χ4n) is 4.26. The summed E-state index contributed by atoms with van der Waals surface area (Å²) in [7, 11) is 0. The number of hydrogen-bond donors (Lipinski definition) is 1. The Kier molecular flexibility index (Phi) is 6.03. The number of hydrogen-bond acceptors (Lipinski definition) is 3. The van der Waals surface area contributed by atoms with E-state index in [0.29, 0.717) is 12.6 Å². The lowest BCUT2D eigenvalue weighted by molar-refractivity contribution is -0.122. The Bertz CT molecular complexity index is 930. The summed E-state index contributed by atoms with van der Waals surface area (Å²) in [6, 6.07) is 16.6. The zero-order valence-electron chi connectivity index (χ0n) is 16.9. The van der Waals surface area contributed by atoms with Gasteiger partial charge in [-0.25, -0.2) is 0 Å². The maximum atomic E-state index is 12.8. The lowest BCUT2D eigenvalue weighted by Gasteiger charge is -2.15. The fourth-order valence-corrected chi connectivity index (χ4v) is 4.26. The van der Waals surface area contributed by atoms with E-state index < -0.39 is 0 Å². The van der Waals surface area contributed by atoms with Gasteiger partial charge in [0.05, 0.1) is 29.9 Å². The smallest absolute Gasteiger partial charge is 0.227 e. The first-order chi connectivity index (χ1) is 14.3. The molecule has 1 aliphatic rings. The van der Waals surface area contributed by atoms with E-state index in [0.717, 1.165) is 41.8 Å². The summed E-state index contributed by atoms with van der Waals surface area (Å²) in [5, 5.41) is 7.98. The highest BCUT2D eigenvalue weighted by atomic mass is 16.1. The van der Waals surface area contributed by atoms with Crippen LogP contribution in [0.5, 0.6) is 0 Å². The quantitative estimate of drug-likeness (QED) is 0.628. The van der Waals surface area contributed by atoms with Gasteiger partial charge in [-0.05, 0) is 43.0 Å². The van der Waals surface area contributed by atoms with Crippen molar-refractivity contribution in [3.63, 3.8) is 0 Å². The van der Waals surface area contributed by atoms with Gasteiger partial charge in [0, 0.05) is 18.0 Å². The summed E-state index contributed by atoms with van der Waals surface area (Å²) in [6.45, 7) is 2.49. The highest BCUT2D eigenvalue weighted by molar-refractivity contribution is 5.83. The second-order valence-electron chi connectivity index (χ2n) is 7.73. The van der Waals surface area contributed by atoms with Crippen LogP contribution in [0.15, 0.2) is 60.9 Å². The number of amides is 1. The molecule has 150 valence electrons. The van der Waals surface area contributed by atoms with Crippen LogP contribution in [0.1, 0.15) is 62.2 Å². The molecule has 1 aliphatic carbocycles. The van der Waals surface area contributed by atoms with Gasteiger partial charge in [-0.3, -0.25) is 14.5 Å². The molecular formula is C24H28N4O. The van der Waals surface area contributed by atoms with Crippen LogP contribution in [0.3, 0.4) is 0 Å². The average Bonchev–Trinajstić information content (AvgIpc) is 3.44. The van der Waals surface area contributed by atoms with Crippen molar-refractivity contribution >= 4 is 5.91 Å². The van der Waals surface area contributed by atoms with Crippen molar-refractivity contribution in [1.82, 2.24) is 20.1 Å². The summed E-state index contributed by atoms with van der Waals surface area (Å²) in [4.78, 5) is 16.9. The highest BCUT2D eigenvalue weighted by Crippen LogP contribution is 2.33. The van der Waals surface area contributed by atoms with Crippen LogP contribution in [0.2, 0.25) is 0 Å². The molecule has 0 saturated heterocycles. The van der Waals surface area contributed by atoms with Crippen molar-refractivity contribution in [3.05, 3.63) is 72.2 Å². The second-order valence-corrected chi connectivity index (χ2v) is 7.73. The van der Waals surface area contributed by atoms with E-state index in [2.05, 4.69) is 21.0 Å². The van der Waals surface area contributed by atoms with Crippen molar-refractivity contribution < 1.29 is 4.79 Å². The number of benzene rings is 1. The van der Waals surface area contributed by atoms with Crippen LogP contribution in [0, 0.1) is 0 Å². The van der Waals surface area contributed by atoms with E-state index in [9.17, 15) is 4.79 Å². The minimum absolute atomic E-state index is 0.0552. The van der Waals surface area contributed by atoms with Crippen LogP contribution in [0.25, 0.3) is 11.3 Å². The Morgan fingerprint density at radius 1 is 1.14 bits per heavy atom. The van der Waals surface area contributed by atoms with Gasteiger partial charge in [0.25, 0.3) is 0 Å². The van der Waals surface area contributed by atoms with Gasteiger partial charge in [0.15, 0.2) is 0 Å². The lowest BCUT2D eigenvalue weighted by Crippen LogP contribution is -2.29. The van der Waals surface area contributed by atoms with Crippen LogP contribution < -0.4 is 5.32 Å². The number of nitrogens with zero attached hydrogens (tertiary/aromatic N) is 3. The molecule has 1 N–H and O–H groups in total. The third kappa shape index (κ3) is 4.39. The number of carbonyl (C=O) groups is 1. The van der Waals surface area contributed by atoms with Gasteiger partial charge in [0.2, 0.25) is 5.91 Å². The molecule has 5 heteroatoms. The zero-order chi connectivity index (χ0) is 20.1. The molecule has 0 aliphatic heterocycles. The van der Waals surface area contributed by atoms with E-state index in [1.165, 1.54) is 12.8 Å². The maximum absolute atomic E-state index is 12.8. The Hall–Kier alpha value is -2.95. The summed E-state index contributed by atoms with van der Waals surface area (Å²) in [5.41, 5.74) is 4.19. The van der Waals surface area contributed by atoms with Gasteiger partial charge in [-0.15, -0.1) is 0 Å². The summed E-state index contributed by atoms with van der Waals surface area (Å²) in [6.07, 6.45) is 9.23. The largest absolute Gasteiger partial charge is 0.350 e. The van der Waals surface area contributed by atoms with Crippen molar-refractivity contribution in [2.75, 3.05) is 0 Å². The van der Waals surface area contributed by atoms with Crippen molar-refractivity contribution in [2.45, 2.75) is 57.5 Å². The molecule has 2 aromatic heterocycles. The van der Waals surface area contributed by atoms with E-state index in [4.69, 9.17) is 5.10 Å². The number of rotatable bonds is 7. The molecule has 1 aromatic carbocycles. The number of aromatic nitrogens is 3. The van der Waals surface area contributed by atoms with Crippen LogP contribution in [0.4, 0.5) is 0 Å². The minimum Gasteiger partial charge on any atom is -0.350 e. The fraction of sp³-hybridized carbons (Fsp3) is 0.375. The first kappa shape index (κ1) is 19.4. The van der Waals surface area contributed by atoms with Gasteiger partial charge in [-0.2, -0.15) is 5.10 Å². The normalized spacial score (nSPS) is 15.3.